The van der Waals surface area contributed by atoms with Gasteiger partial charge in [-0.2, -0.15) is 0 Å². The maximum atomic E-state index is 8.58. The lowest BCUT2D eigenvalue weighted by atomic mass is 10.2. The van der Waals surface area contributed by atoms with E-state index in [1.54, 1.807) is 0 Å². The van der Waals surface area contributed by atoms with E-state index in [1.165, 1.54) is 5.56 Å². The van der Waals surface area contributed by atoms with E-state index in [-0.39, 0.29) is 6.61 Å². The van der Waals surface area contributed by atoms with Gasteiger partial charge in [0.05, 0.1) is 6.61 Å². The molecule has 0 fully saturated rings. The van der Waals surface area contributed by atoms with Crippen LogP contribution in [0.5, 0.6) is 0 Å². The summed E-state index contributed by atoms with van der Waals surface area (Å²) in [7, 11) is 0. The smallest absolute Gasteiger partial charge is 0.0716 e. The molecule has 2 heteroatoms. The highest BCUT2D eigenvalue weighted by Crippen LogP contribution is 2.02. The first-order chi connectivity index (χ1) is 8.93. The van der Waals surface area contributed by atoms with E-state index in [9.17, 15) is 0 Å². The minimum Gasteiger partial charge on any atom is -0.396 e. The summed E-state index contributed by atoms with van der Waals surface area (Å²) in [5, 5.41) is 8.58. The average Bonchev–Trinajstić information content (AvgIpc) is 2.42. The van der Waals surface area contributed by atoms with Crippen LogP contribution in [0.3, 0.4) is 0 Å². The number of aliphatic hydroxyl groups excluding tert-OH is 1. The first-order valence-corrected chi connectivity index (χ1v) is 6.61. The molecule has 0 aliphatic rings. The molecule has 0 heterocycles. The summed E-state index contributed by atoms with van der Waals surface area (Å²) in [6.07, 6.45) is 4.66. The maximum Gasteiger partial charge on any atom is 0.0716 e. The van der Waals surface area contributed by atoms with E-state index in [4.69, 9.17) is 9.84 Å². The molecule has 0 aliphatic heterocycles. The first kappa shape index (κ1) is 14.8. The van der Waals surface area contributed by atoms with Gasteiger partial charge in [0.15, 0.2) is 0 Å². The molecule has 18 heavy (non-hydrogen) atoms. The second-order valence-corrected chi connectivity index (χ2v) is 4.18. The Labute approximate surface area is 110 Å². The SMILES string of the molecule is OCCCC#CCCCCOCc1ccccc1. The van der Waals surface area contributed by atoms with Crippen LogP contribution in [-0.4, -0.2) is 18.3 Å². The van der Waals surface area contributed by atoms with Gasteiger partial charge < -0.3 is 9.84 Å². The van der Waals surface area contributed by atoms with Crippen LogP contribution in [0.15, 0.2) is 30.3 Å². The van der Waals surface area contributed by atoms with Gasteiger partial charge in [-0.25, -0.2) is 0 Å². The van der Waals surface area contributed by atoms with E-state index in [0.717, 1.165) is 38.7 Å². The number of unbranched alkanes of at least 4 members (excludes halogenated alkanes) is 3. The van der Waals surface area contributed by atoms with E-state index in [0.29, 0.717) is 6.61 Å². The molecule has 0 bridgehead atoms. The Hall–Kier alpha value is -1.30. The lowest BCUT2D eigenvalue weighted by molar-refractivity contribution is 0.117. The third-order valence-corrected chi connectivity index (χ3v) is 2.54. The van der Waals surface area contributed by atoms with Gasteiger partial charge in [0.25, 0.3) is 0 Å². The lowest BCUT2D eigenvalue weighted by Crippen LogP contribution is -1.95. The van der Waals surface area contributed by atoms with Gasteiger partial charge in [0.2, 0.25) is 0 Å². The van der Waals surface area contributed by atoms with E-state index < -0.39 is 0 Å². The van der Waals surface area contributed by atoms with Gasteiger partial charge in [-0.3, -0.25) is 0 Å². The van der Waals surface area contributed by atoms with Crippen molar-refractivity contribution in [2.45, 2.75) is 38.7 Å². The summed E-state index contributed by atoms with van der Waals surface area (Å²) >= 11 is 0. The summed E-state index contributed by atoms with van der Waals surface area (Å²) in [5.74, 6) is 6.16. The Balaban J connectivity index is 1.91. The van der Waals surface area contributed by atoms with Crippen molar-refractivity contribution in [3.8, 4) is 11.8 Å². The third-order valence-electron chi connectivity index (χ3n) is 2.54. The molecule has 0 spiro atoms. The fourth-order valence-electron chi connectivity index (χ4n) is 1.53. The Bertz CT molecular complexity index is 348. The summed E-state index contributed by atoms with van der Waals surface area (Å²) < 4.78 is 5.58. The maximum absolute atomic E-state index is 8.58. The van der Waals surface area contributed by atoms with Gasteiger partial charge in [0, 0.05) is 26.1 Å². The molecule has 1 rings (SSSR count). The van der Waals surface area contributed by atoms with Crippen molar-refractivity contribution >= 4 is 0 Å². The molecule has 0 aromatic heterocycles. The standard InChI is InChI=1S/C16H22O2/c17-13-9-4-2-1-3-5-10-14-18-15-16-11-7-6-8-12-16/h6-8,11-12,17H,3-5,9-10,13-15H2. The highest BCUT2D eigenvalue weighted by atomic mass is 16.5. The minimum absolute atomic E-state index is 0.238. The zero-order valence-electron chi connectivity index (χ0n) is 10.9. The van der Waals surface area contributed by atoms with Crippen LogP contribution in [0.1, 0.15) is 37.7 Å². The first-order valence-electron chi connectivity index (χ1n) is 6.61. The van der Waals surface area contributed by atoms with E-state index >= 15 is 0 Å². The second kappa shape index (κ2) is 10.8. The highest BCUT2D eigenvalue weighted by Gasteiger charge is 1.91. The molecule has 2 nitrogen and oxygen atoms in total. The van der Waals surface area contributed by atoms with Crippen molar-refractivity contribution < 1.29 is 9.84 Å². The number of aliphatic hydroxyl groups is 1. The van der Waals surface area contributed by atoms with Gasteiger partial charge in [0.1, 0.15) is 0 Å². The third kappa shape index (κ3) is 7.89. The van der Waals surface area contributed by atoms with Gasteiger partial charge >= 0.3 is 0 Å². The van der Waals surface area contributed by atoms with Crippen LogP contribution in [0.2, 0.25) is 0 Å². The summed E-state index contributed by atoms with van der Waals surface area (Å²) in [6.45, 7) is 1.73. The molecule has 0 atom stereocenters. The Morgan fingerprint density at radius 2 is 1.67 bits per heavy atom. The normalized spacial score (nSPS) is 9.83. The lowest BCUT2D eigenvalue weighted by Gasteiger charge is -2.03. The van der Waals surface area contributed by atoms with Gasteiger partial charge in [-0.15, -0.1) is 11.8 Å². The number of rotatable bonds is 8. The zero-order valence-corrected chi connectivity index (χ0v) is 10.9. The van der Waals surface area contributed by atoms with Crippen LogP contribution >= 0.6 is 0 Å². The molecule has 0 aliphatic carbocycles. The molecule has 1 aromatic rings. The number of ether oxygens (including phenoxy) is 1. The summed E-state index contributed by atoms with van der Waals surface area (Å²) in [6, 6.07) is 10.2. The topological polar surface area (TPSA) is 29.5 Å². The molecule has 0 unspecified atom stereocenters. The van der Waals surface area contributed by atoms with E-state index in [1.807, 2.05) is 18.2 Å². The second-order valence-electron chi connectivity index (χ2n) is 4.18. The Kier molecular flexibility index (Phi) is 8.88. The molecular formula is C16H22O2. The molecular weight excluding hydrogens is 224 g/mol. The Morgan fingerprint density at radius 3 is 2.39 bits per heavy atom. The van der Waals surface area contributed by atoms with Crippen molar-refractivity contribution in [1.82, 2.24) is 0 Å². The van der Waals surface area contributed by atoms with Crippen molar-refractivity contribution in [2.24, 2.45) is 0 Å². The van der Waals surface area contributed by atoms with Crippen molar-refractivity contribution in [1.29, 1.82) is 0 Å². The van der Waals surface area contributed by atoms with Crippen LogP contribution in [0, 0.1) is 11.8 Å². The molecule has 98 valence electrons. The average molecular weight is 246 g/mol. The summed E-state index contributed by atoms with van der Waals surface area (Å²) in [5.41, 5.74) is 1.22. The van der Waals surface area contributed by atoms with Gasteiger partial charge in [-0.1, -0.05) is 30.3 Å². The van der Waals surface area contributed by atoms with Crippen molar-refractivity contribution in [3.63, 3.8) is 0 Å². The molecule has 0 radical (unpaired) electrons. The highest BCUT2D eigenvalue weighted by molar-refractivity contribution is 5.13. The van der Waals surface area contributed by atoms with Crippen LogP contribution in [-0.2, 0) is 11.3 Å². The number of hydrogen-bond donors (Lipinski definition) is 1. The summed E-state index contributed by atoms with van der Waals surface area (Å²) in [4.78, 5) is 0. The minimum atomic E-state index is 0.238. The van der Waals surface area contributed by atoms with Crippen LogP contribution in [0.4, 0.5) is 0 Å². The zero-order chi connectivity index (χ0) is 12.9. The van der Waals surface area contributed by atoms with E-state index in [2.05, 4.69) is 24.0 Å². The largest absolute Gasteiger partial charge is 0.396 e. The predicted octanol–water partition coefficient (Wildman–Crippen LogP) is 3.15. The fourth-order valence-corrected chi connectivity index (χ4v) is 1.53. The number of hydrogen-bond acceptors (Lipinski definition) is 2. The Morgan fingerprint density at radius 1 is 0.944 bits per heavy atom. The van der Waals surface area contributed by atoms with Crippen LogP contribution in [0.25, 0.3) is 0 Å². The molecule has 1 aromatic carbocycles. The quantitative estimate of drug-likeness (QED) is 0.564. The van der Waals surface area contributed by atoms with Crippen LogP contribution < -0.4 is 0 Å². The molecule has 0 amide bonds. The molecule has 0 saturated heterocycles. The van der Waals surface area contributed by atoms with Crippen molar-refractivity contribution in [2.75, 3.05) is 13.2 Å². The monoisotopic (exact) mass is 246 g/mol. The molecule has 0 saturated carbocycles. The molecule has 1 N–H and O–H groups in total. The van der Waals surface area contributed by atoms with Crippen molar-refractivity contribution in [3.05, 3.63) is 35.9 Å². The fraction of sp³-hybridized carbons (Fsp3) is 0.500. The number of benzene rings is 1. The predicted molar refractivity (Wildman–Crippen MR) is 74.0 cm³/mol. The van der Waals surface area contributed by atoms with Gasteiger partial charge in [-0.05, 0) is 24.8 Å².